The largest absolute Gasteiger partial charge is 0.423 e. The lowest BCUT2D eigenvalue weighted by molar-refractivity contribution is 0.445. The number of hydrogen-bond donors (Lipinski definition) is 1. The molecule has 0 bridgehead atoms. The number of sulfone groups is 1. The number of benzene rings is 2. The fourth-order valence-corrected chi connectivity index (χ4v) is 5.30. The van der Waals surface area contributed by atoms with Gasteiger partial charge in [-0.25, -0.2) is 16.8 Å². The van der Waals surface area contributed by atoms with Crippen molar-refractivity contribution >= 4 is 42.7 Å². The van der Waals surface area contributed by atoms with E-state index in [2.05, 4.69) is 10.3 Å². The standard InChI is InChI=1S/C19H23N3O5S2/c1-4-22(5-2)29(25,26)16-9-7-8-14(12-16)20-19-21-17-13-15(28(23,24)6-3)10-11-18(17)27-19/h7-13H,4-6H2,1-3H3,(H,20,21). The van der Waals surface area contributed by atoms with Crippen LogP contribution < -0.4 is 5.32 Å². The highest BCUT2D eigenvalue weighted by Gasteiger charge is 2.22. The van der Waals surface area contributed by atoms with E-state index in [9.17, 15) is 16.8 Å². The predicted octanol–water partition coefficient (Wildman–Crippen LogP) is 3.40. The van der Waals surface area contributed by atoms with E-state index in [1.54, 1.807) is 39.0 Å². The predicted molar refractivity (Wildman–Crippen MR) is 112 cm³/mol. The maximum atomic E-state index is 12.7. The molecule has 29 heavy (non-hydrogen) atoms. The van der Waals surface area contributed by atoms with E-state index in [0.29, 0.717) is 29.9 Å². The highest BCUT2D eigenvalue weighted by atomic mass is 32.2. The summed E-state index contributed by atoms with van der Waals surface area (Å²) in [6.07, 6.45) is 0. The van der Waals surface area contributed by atoms with Gasteiger partial charge in [0.2, 0.25) is 10.0 Å². The molecule has 10 heteroatoms. The third-order valence-corrected chi connectivity index (χ3v) is 8.30. The normalized spacial score (nSPS) is 12.6. The summed E-state index contributed by atoms with van der Waals surface area (Å²) in [4.78, 5) is 4.62. The second kappa shape index (κ2) is 8.13. The molecule has 3 aromatic rings. The van der Waals surface area contributed by atoms with Gasteiger partial charge in [-0.2, -0.15) is 9.29 Å². The van der Waals surface area contributed by atoms with Gasteiger partial charge in [-0.1, -0.05) is 26.8 Å². The SMILES string of the molecule is CCN(CC)S(=O)(=O)c1cccc(Nc2nc3cc(S(=O)(=O)CC)ccc3o2)c1. The number of sulfonamides is 1. The van der Waals surface area contributed by atoms with Crippen LogP contribution >= 0.6 is 0 Å². The summed E-state index contributed by atoms with van der Waals surface area (Å²) in [7, 11) is -6.94. The van der Waals surface area contributed by atoms with E-state index in [-0.39, 0.29) is 21.6 Å². The molecule has 0 saturated carbocycles. The molecule has 8 nitrogen and oxygen atoms in total. The lowest BCUT2D eigenvalue weighted by Crippen LogP contribution is -2.30. The summed E-state index contributed by atoms with van der Waals surface area (Å²) >= 11 is 0. The van der Waals surface area contributed by atoms with Gasteiger partial charge in [-0.05, 0) is 36.4 Å². The first-order valence-corrected chi connectivity index (χ1v) is 12.3. The maximum absolute atomic E-state index is 12.7. The van der Waals surface area contributed by atoms with Crippen LogP contribution in [-0.2, 0) is 19.9 Å². The van der Waals surface area contributed by atoms with Crippen molar-refractivity contribution in [1.82, 2.24) is 9.29 Å². The van der Waals surface area contributed by atoms with E-state index in [1.165, 1.54) is 28.6 Å². The molecule has 0 atom stereocenters. The molecule has 0 spiro atoms. The Kier molecular flexibility index (Phi) is 5.97. The van der Waals surface area contributed by atoms with Gasteiger partial charge in [-0.3, -0.25) is 0 Å². The molecule has 0 aliphatic heterocycles. The van der Waals surface area contributed by atoms with Crippen LogP contribution in [0.1, 0.15) is 20.8 Å². The van der Waals surface area contributed by atoms with Crippen LogP contribution in [0.2, 0.25) is 0 Å². The first-order valence-electron chi connectivity index (χ1n) is 9.21. The van der Waals surface area contributed by atoms with Crippen molar-refractivity contribution < 1.29 is 21.3 Å². The molecule has 1 heterocycles. The molecule has 1 N–H and O–H groups in total. The third kappa shape index (κ3) is 4.29. The van der Waals surface area contributed by atoms with Crippen molar-refractivity contribution in [1.29, 1.82) is 0 Å². The molecule has 0 aliphatic carbocycles. The zero-order valence-corrected chi connectivity index (χ0v) is 18.0. The monoisotopic (exact) mass is 437 g/mol. The quantitative estimate of drug-likeness (QED) is 0.575. The van der Waals surface area contributed by atoms with E-state index >= 15 is 0 Å². The summed E-state index contributed by atoms with van der Waals surface area (Å²) in [6, 6.07) is 11.0. The number of anilines is 2. The highest BCUT2D eigenvalue weighted by Crippen LogP contribution is 2.26. The molecule has 0 unspecified atom stereocenters. The van der Waals surface area contributed by atoms with Gasteiger partial charge >= 0.3 is 0 Å². The number of rotatable bonds is 8. The summed E-state index contributed by atoms with van der Waals surface area (Å²) in [5, 5.41) is 2.94. The van der Waals surface area contributed by atoms with Gasteiger partial charge in [0.25, 0.3) is 6.01 Å². The number of nitrogens with one attached hydrogen (secondary N) is 1. The molecule has 0 radical (unpaired) electrons. The Morgan fingerprint density at radius 3 is 2.34 bits per heavy atom. The summed E-state index contributed by atoms with van der Waals surface area (Å²) in [6.45, 7) is 5.91. The lowest BCUT2D eigenvalue weighted by Gasteiger charge is -2.18. The fourth-order valence-electron chi connectivity index (χ4n) is 2.89. The van der Waals surface area contributed by atoms with Crippen LogP contribution in [-0.4, -0.2) is 45.0 Å². The molecule has 0 aliphatic rings. The van der Waals surface area contributed by atoms with Crippen molar-refractivity contribution in [3.8, 4) is 0 Å². The smallest absolute Gasteiger partial charge is 0.300 e. The summed E-state index contributed by atoms with van der Waals surface area (Å²) < 4.78 is 56.5. The Morgan fingerprint density at radius 2 is 1.69 bits per heavy atom. The van der Waals surface area contributed by atoms with E-state index < -0.39 is 19.9 Å². The second-order valence-electron chi connectivity index (χ2n) is 6.29. The average molecular weight is 438 g/mol. The Bertz CT molecular complexity index is 1230. The zero-order chi connectivity index (χ0) is 21.2. The van der Waals surface area contributed by atoms with Crippen LogP contribution in [0.3, 0.4) is 0 Å². The molecule has 0 saturated heterocycles. The average Bonchev–Trinajstić information content (AvgIpc) is 3.10. The lowest BCUT2D eigenvalue weighted by atomic mass is 10.3. The molecular formula is C19H23N3O5S2. The number of fused-ring (bicyclic) bond motifs is 1. The first kappa shape index (κ1) is 21.3. The first-order chi connectivity index (χ1) is 13.7. The Balaban J connectivity index is 1.92. The molecule has 2 aromatic carbocycles. The van der Waals surface area contributed by atoms with Gasteiger partial charge in [0.15, 0.2) is 15.4 Å². The summed E-state index contributed by atoms with van der Waals surface area (Å²) in [5.74, 6) is -0.00469. The Morgan fingerprint density at radius 1 is 0.966 bits per heavy atom. The van der Waals surface area contributed by atoms with Crippen LogP contribution in [0.4, 0.5) is 11.7 Å². The van der Waals surface area contributed by atoms with Crippen molar-refractivity contribution in [2.75, 3.05) is 24.2 Å². The minimum atomic E-state index is -3.59. The number of nitrogens with zero attached hydrogens (tertiary/aromatic N) is 2. The van der Waals surface area contributed by atoms with Crippen LogP contribution in [0.15, 0.2) is 56.7 Å². The van der Waals surface area contributed by atoms with Gasteiger partial charge in [0.1, 0.15) is 5.52 Å². The van der Waals surface area contributed by atoms with Gasteiger partial charge in [0, 0.05) is 18.8 Å². The van der Waals surface area contributed by atoms with Crippen molar-refractivity contribution in [3.05, 3.63) is 42.5 Å². The van der Waals surface area contributed by atoms with Crippen LogP contribution in [0.5, 0.6) is 0 Å². The molecule has 156 valence electrons. The molecule has 0 fully saturated rings. The molecular weight excluding hydrogens is 414 g/mol. The van der Waals surface area contributed by atoms with Crippen LogP contribution in [0, 0.1) is 0 Å². The van der Waals surface area contributed by atoms with Crippen molar-refractivity contribution in [3.63, 3.8) is 0 Å². The topological polar surface area (TPSA) is 110 Å². The molecule has 1 aromatic heterocycles. The maximum Gasteiger partial charge on any atom is 0.300 e. The van der Waals surface area contributed by atoms with E-state index in [4.69, 9.17) is 4.42 Å². The van der Waals surface area contributed by atoms with Crippen molar-refractivity contribution in [2.45, 2.75) is 30.6 Å². The van der Waals surface area contributed by atoms with Gasteiger partial charge < -0.3 is 9.73 Å². The van der Waals surface area contributed by atoms with E-state index in [1.807, 2.05) is 0 Å². The summed E-state index contributed by atoms with van der Waals surface area (Å²) in [5.41, 5.74) is 1.31. The Hall–Kier alpha value is -2.43. The minimum Gasteiger partial charge on any atom is -0.423 e. The third-order valence-electron chi connectivity index (χ3n) is 4.53. The molecule has 3 rings (SSSR count). The number of oxazole rings is 1. The van der Waals surface area contributed by atoms with Crippen molar-refractivity contribution in [2.24, 2.45) is 0 Å². The van der Waals surface area contributed by atoms with Gasteiger partial charge in [-0.15, -0.1) is 0 Å². The molecule has 0 amide bonds. The zero-order valence-electron chi connectivity index (χ0n) is 16.4. The second-order valence-corrected chi connectivity index (χ2v) is 10.5. The van der Waals surface area contributed by atoms with Crippen LogP contribution in [0.25, 0.3) is 11.1 Å². The Labute approximate surface area is 170 Å². The highest BCUT2D eigenvalue weighted by molar-refractivity contribution is 7.91. The number of hydrogen-bond acceptors (Lipinski definition) is 7. The van der Waals surface area contributed by atoms with E-state index in [0.717, 1.165) is 0 Å². The minimum absolute atomic E-state index is 0.00469. The van der Waals surface area contributed by atoms with Gasteiger partial charge in [0.05, 0.1) is 15.5 Å². The number of aromatic nitrogens is 1. The fraction of sp³-hybridized carbons (Fsp3) is 0.316.